The zero-order valence-corrected chi connectivity index (χ0v) is 11.3. The zero-order valence-electron chi connectivity index (χ0n) is 11.3. The predicted octanol–water partition coefficient (Wildman–Crippen LogP) is 3.23. The van der Waals surface area contributed by atoms with Gasteiger partial charge in [0.05, 0.1) is 22.5 Å². The van der Waals surface area contributed by atoms with Gasteiger partial charge < -0.3 is 0 Å². The van der Waals surface area contributed by atoms with E-state index in [4.69, 9.17) is 0 Å². The highest BCUT2D eigenvalue weighted by Crippen LogP contribution is 2.34. The Balaban J connectivity index is 2.24. The average Bonchev–Trinajstić information content (AvgIpc) is 2.56. The first-order valence-corrected chi connectivity index (χ1v) is 6.56. The number of hydrogen-bond acceptors (Lipinski definition) is 3. The van der Waals surface area contributed by atoms with E-state index < -0.39 is 5.41 Å². The van der Waals surface area contributed by atoms with Crippen LogP contribution in [-0.2, 0) is 5.41 Å². The molecular weight excluding hydrogens is 246 g/mol. The molecule has 0 fully saturated rings. The average molecular weight is 261 g/mol. The fraction of sp³-hybridized carbons (Fsp3) is 0.118. The zero-order chi connectivity index (χ0) is 13.8. The molecule has 0 saturated heterocycles. The van der Waals surface area contributed by atoms with E-state index in [9.17, 15) is 0 Å². The van der Waals surface area contributed by atoms with Gasteiger partial charge in [0.15, 0.2) is 0 Å². The monoisotopic (exact) mass is 261 g/mol. The Morgan fingerprint density at radius 3 is 1.20 bits per heavy atom. The Bertz CT molecular complexity index is 570. The van der Waals surface area contributed by atoms with Gasteiger partial charge in [0.25, 0.3) is 0 Å². The van der Waals surface area contributed by atoms with Gasteiger partial charge in [0.1, 0.15) is 0 Å². The molecular formula is C17H15N3. The van der Waals surface area contributed by atoms with Crippen molar-refractivity contribution in [1.82, 2.24) is 15.0 Å². The number of aromatic nitrogens is 3. The molecule has 3 heterocycles. The Morgan fingerprint density at radius 2 is 0.950 bits per heavy atom. The Labute approximate surface area is 118 Å². The van der Waals surface area contributed by atoms with Crippen molar-refractivity contribution in [2.45, 2.75) is 12.3 Å². The summed E-state index contributed by atoms with van der Waals surface area (Å²) in [7, 11) is 0. The molecule has 3 nitrogen and oxygen atoms in total. The van der Waals surface area contributed by atoms with Gasteiger partial charge in [-0.1, -0.05) is 18.2 Å². The molecule has 0 aliphatic heterocycles. The van der Waals surface area contributed by atoms with Crippen LogP contribution in [-0.4, -0.2) is 15.0 Å². The van der Waals surface area contributed by atoms with Crippen molar-refractivity contribution < 1.29 is 0 Å². The van der Waals surface area contributed by atoms with Gasteiger partial charge >= 0.3 is 0 Å². The summed E-state index contributed by atoms with van der Waals surface area (Å²) in [6.45, 7) is 2.11. The van der Waals surface area contributed by atoms with E-state index in [1.165, 1.54) is 0 Å². The minimum absolute atomic E-state index is 0.455. The molecule has 20 heavy (non-hydrogen) atoms. The summed E-state index contributed by atoms with van der Waals surface area (Å²) in [6.07, 6.45) is 5.42. The van der Waals surface area contributed by atoms with Crippen molar-refractivity contribution in [3.05, 3.63) is 90.3 Å². The first kappa shape index (κ1) is 12.5. The fourth-order valence-electron chi connectivity index (χ4n) is 2.37. The van der Waals surface area contributed by atoms with Crippen LogP contribution < -0.4 is 0 Å². The van der Waals surface area contributed by atoms with Crippen LogP contribution in [0.15, 0.2) is 73.2 Å². The van der Waals surface area contributed by atoms with Crippen LogP contribution in [0.3, 0.4) is 0 Å². The summed E-state index contributed by atoms with van der Waals surface area (Å²) in [6, 6.07) is 17.8. The van der Waals surface area contributed by atoms with Gasteiger partial charge in [-0.05, 0) is 43.3 Å². The van der Waals surface area contributed by atoms with Gasteiger partial charge in [0, 0.05) is 18.6 Å². The molecule has 98 valence electrons. The first-order chi connectivity index (χ1) is 9.82. The SMILES string of the molecule is CC(c1ccccn1)(c1ccccn1)c1ccccn1. The maximum atomic E-state index is 4.52. The van der Waals surface area contributed by atoms with Crippen LogP contribution in [0.25, 0.3) is 0 Å². The van der Waals surface area contributed by atoms with Crippen molar-refractivity contribution >= 4 is 0 Å². The molecule has 0 radical (unpaired) electrons. The summed E-state index contributed by atoms with van der Waals surface area (Å²) >= 11 is 0. The van der Waals surface area contributed by atoms with Crippen molar-refractivity contribution in [2.24, 2.45) is 0 Å². The van der Waals surface area contributed by atoms with E-state index in [-0.39, 0.29) is 0 Å². The largest absolute Gasteiger partial charge is 0.260 e. The van der Waals surface area contributed by atoms with Crippen LogP contribution in [0.2, 0.25) is 0 Å². The predicted molar refractivity (Wildman–Crippen MR) is 78.3 cm³/mol. The minimum Gasteiger partial charge on any atom is -0.260 e. The molecule has 0 aromatic carbocycles. The second kappa shape index (κ2) is 5.21. The van der Waals surface area contributed by atoms with E-state index in [1.54, 1.807) is 18.6 Å². The lowest BCUT2D eigenvalue weighted by molar-refractivity contribution is 0.619. The van der Waals surface area contributed by atoms with E-state index in [1.807, 2.05) is 54.6 Å². The van der Waals surface area contributed by atoms with Crippen molar-refractivity contribution in [2.75, 3.05) is 0 Å². The molecule has 0 unspecified atom stereocenters. The summed E-state index contributed by atoms with van der Waals surface area (Å²) in [5, 5.41) is 0. The highest BCUT2D eigenvalue weighted by atomic mass is 14.8. The quantitative estimate of drug-likeness (QED) is 0.726. The van der Waals surface area contributed by atoms with Gasteiger partial charge in [-0.25, -0.2) is 0 Å². The molecule has 3 heteroatoms. The van der Waals surface area contributed by atoms with Gasteiger partial charge in [-0.2, -0.15) is 0 Å². The van der Waals surface area contributed by atoms with Gasteiger partial charge in [-0.3, -0.25) is 15.0 Å². The summed E-state index contributed by atoms with van der Waals surface area (Å²) in [5.41, 5.74) is 2.37. The number of pyridine rings is 3. The molecule has 3 aromatic rings. The molecule has 0 saturated carbocycles. The van der Waals surface area contributed by atoms with Gasteiger partial charge in [-0.15, -0.1) is 0 Å². The van der Waals surface area contributed by atoms with E-state index in [2.05, 4.69) is 21.9 Å². The fourth-order valence-corrected chi connectivity index (χ4v) is 2.37. The molecule has 0 aliphatic rings. The maximum absolute atomic E-state index is 4.52. The number of rotatable bonds is 3. The van der Waals surface area contributed by atoms with Gasteiger partial charge in [0.2, 0.25) is 0 Å². The van der Waals surface area contributed by atoms with E-state index in [0.717, 1.165) is 17.1 Å². The van der Waals surface area contributed by atoms with Crippen LogP contribution in [0.4, 0.5) is 0 Å². The Hall–Kier alpha value is -2.55. The first-order valence-electron chi connectivity index (χ1n) is 6.56. The molecule has 3 aromatic heterocycles. The number of nitrogens with zero attached hydrogens (tertiary/aromatic N) is 3. The molecule has 0 N–H and O–H groups in total. The molecule has 0 aliphatic carbocycles. The number of hydrogen-bond donors (Lipinski definition) is 0. The minimum atomic E-state index is -0.455. The van der Waals surface area contributed by atoms with Crippen LogP contribution >= 0.6 is 0 Å². The lowest BCUT2D eigenvalue weighted by atomic mass is 9.79. The third-order valence-electron chi connectivity index (χ3n) is 3.53. The van der Waals surface area contributed by atoms with Crippen LogP contribution in [0.5, 0.6) is 0 Å². The Morgan fingerprint density at radius 1 is 0.600 bits per heavy atom. The van der Waals surface area contributed by atoms with Crippen molar-refractivity contribution in [3.8, 4) is 0 Å². The van der Waals surface area contributed by atoms with Crippen molar-refractivity contribution in [1.29, 1.82) is 0 Å². The Kier molecular flexibility index (Phi) is 3.25. The van der Waals surface area contributed by atoms with E-state index in [0.29, 0.717) is 0 Å². The third kappa shape index (κ3) is 2.07. The molecule has 0 amide bonds. The topological polar surface area (TPSA) is 38.7 Å². The molecule has 3 rings (SSSR count). The van der Waals surface area contributed by atoms with Crippen LogP contribution in [0, 0.1) is 0 Å². The standard InChI is InChI=1S/C17H15N3/c1-17(14-8-2-5-11-18-14,15-9-3-6-12-19-15)16-10-4-7-13-20-16/h2-13H,1H3. The highest BCUT2D eigenvalue weighted by molar-refractivity contribution is 5.40. The molecule has 0 atom stereocenters. The lowest BCUT2D eigenvalue weighted by Gasteiger charge is -2.28. The second-order valence-electron chi connectivity index (χ2n) is 4.77. The maximum Gasteiger partial charge on any atom is 0.0939 e. The van der Waals surface area contributed by atoms with E-state index >= 15 is 0 Å². The second-order valence-corrected chi connectivity index (χ2v) is 4.77. The molecule has 0 bridgehead atoms. The van der Waals surface area contributed by atoms with Crippen LogP contribution in [0.1, 0.15) is 24.0 Å². The molecule has 0 spiro atoms. The summed E-state index contributed by atoms with van der Waals surface area (Å²) in [5.74, 6) is 0. The summed E-state index contributed by atoms with van der Waals surface area (Å²) in [4.78, 5) is 13.6. The normalized spacial score (nSPS) is 11.2. The smallest absolute Gasteiger partial charge is 0.0939 e. The lowest BCUT2D eigenvalue weighted by Crippen LogP contribution is -2.28. The third-order valence-corrected chi connectivity index (χ3v) is 3.53. The highest BCUT2D eigenvalue weighted by Gasteiger charge is 2.34. The van der Waals surface area contributed by atoms with Crippen molar-refractivity contribution in [3.63, 3.8) is 0 Å². The summed E-state index contributed by atoms with van der Waals surface area (Å²) < 4.78 is 0.